The lowest BCUT2D eigenvalue weighted by Gasteiger charge is -2.32. The second-order valence-corrected chi connectivity index (χ2v) is 7.65. The van der Waals surface area contributed by atoms with E-state index >= 15 is 0 Å². The van der Waals surface area contributed by atoms with Crippen LogP contribution < -0.4 is 0 Å². The van der Waals surface area contributed by atoms with Gasteiger partial charge < -0.3 is 4.42 Å². The number of carbonyl (C=O) groups is 2. The summed E-state index contributed by atoms with van der Waals surface area (Å²) in [6, 6.07) is 23.5. The molecule has 3 aromatic rings. The Morgan fingerprint density at radius 3 is 1.66 bits per heavy atom. The molecular weight excluding hydrogens is 362 g/mol. The van der Waals surface area contributed by atoms with Crippen LogP contribution in [0, 0.1) is 11.8 Å². The van der Waals surface area contributed by atoms with Gasteiger partial charge in [-0.15, -0.1) is 0 Å². The number of furan rings is 1. The fraction of sp³-hybridized carbons (Fsp3) is 0.200. The van der Waals surface area contributed by atoms with Crippen molar-refractivity contribution >= 4 is 11.8 Å². The molecule has 1 saturated heterocycles. The maximum absolute atomic E-state index is 13.5. The van der Waals surface area contributed by atoms with Crippen molar-refractivity contribution in [2.75, 3.05) is 0 Å². The summed E-state index contributed by atoms with van der Waals surface area (Å²) in [4.78, 5) is 28.3. The molecule has 1 fully saturated rings. The monoisotopic (exact) mass is 383 g/mol. The summed E-state index contributed by atoms with van der Waals surface area (Å²) in [5, 5.41) is 0. The number of carbonyl (C=O) groups excluding carboxylic acids is 2. The van der Waals surface area contributed by atoms with Gasteiger partial charge in [0.25, 0.3) is 0 Å². The van der Waals surface area contributed by atoms with Gasteiger partial charge in [0.2, 0.25) is 11.8 Å². The van der Waals surface area contributed by atoms with E-state index in [1.54, 1.807) is 18.4 Å². The zero-order valence-electron chi connectivity index (χ0n) is 15.8. The average Bonchev–Trinajstić information content (AvgIpc) is 3.38. The summed E-state index contributed by atoms with van der Waals surface area (Å²) in [6.45, 7) is 0.181. The minimum absolute atomic E-state index is 0.112. The molecule has 4 heteroatoms. The van der Waals surface area contributed by atoms with Crippen LogP contribution in [0.1, 0.15) is 28.7 Å². The fourth-order valence-electron chi connectivity index (χ4n) is 4.71. The second kappa shape index (κ2) is 7.21. The Bertz CT molecular complexity index is 973. The first-order chi connectivity index (χ1) is 14.2. The third-order valence-electron chi connectivity index (χ3n) is 6.05. The van der Waals surface area contributed by atoms with Gasteiger partial charge in [0.1, 0.15) is 5.76 Å². The summed E-state index contributed by atoms with van der Waals surface area (Å²) >= 11 is 0. The number of hydrogen-bond acceptors (Lipinski definition) is 3. The Labute approximate surface area is 169 Å². The fourth-order valence-corrected chi connectivity index (χ4v) is 4.71. The molecule has 0 unspecified atom stereocenters. The van der Waals surface area contributed by atoms with Gasteiger partial charge in [-0.2, -0.15) is 0 Å². The number of amides is 2. The Morgan fingerprint density at radius 1 is 0.690 bits per heavy atom. The second-order valence-electron chi connectivity index (χ2n) is 7.65. The van der Waals surface area contributed by atoms with Gasteiger partial charge in [-0.05, 0) is 23.3 Å². The van der Waals surface area contributed by atoms with Crippen LogP contribution in [0.5, 0.6) is 0 Å². The van der Waals surface area contributed by atoms with Crippen LogP contribution in [0.2, 0.25) is 0 Å². The Morgan fingerprint density at radius 2 is 1.21 bits per heavy atom. The lowest BCUT2D eigenvalue weighted by atomic mass is 9.68. The van der Waals surface area contributed by atoms with Crippen molar-refractivity contribution in [1.29, 1.82) is 0 Å². The van der Waals surface area contributed by atoms with Gasteiger partial charge in [-0.25, -0.2) is 0 Å². The normalized spacial score (nSPS) is 26.0. The summed E-state index contributed by atoms with van der Waals surface area (Å²) in [6.07, 6.45) is 5.78. The van der Waals surface area contributed by atoms with E-state index in [0.29, 0.717) is 5.76 Å². The van der Waals surface area contributed by atoms with E-state index in [1.807, 2.05) is 60.7 Å². The highest BCUT2D eigenvalue weighted by molar-refractivity contribution is 6.06. The minimum atomic E-state index is -0.407. The van der Waals surface area contributed by atoms with E-state index in [-0.39, 0.29) is 30.2 Å². The molecule has 5 rings (SSSR count). The van der Waals surface area contributed by atoms with E-state index < -0.39 is 11.8 Å². The van der Waals surface area contributed by atoms with Gasteiger partial charge in [0.05, 0.1) is 24.6 Å². The minimum Gasteiger partial charge on any atom is -0.467 e. The van der Waals surface area contributed by atoms with Gasteiger partial charge in [0, 0.05) is 11.8 Å². The molecule has 4 atom stereocenters. The molecule has 0 saturated carbocycles. The van der Waals surface area contributed by atoms with Crippen LogP contribution >= 0.6 is 0 Å². The molecule has 0 N–H and O–H groups in total. The summed E-state index contributed by atoms with van der Waals surface area (Å²) < 4.78 is 5.41. The van der Waals surface area contributed by atoms with Gasteiger partial charge in [-0.3, -0.25) is 14.5 Å². The first-order valence-corrected chi connectivity index (χ1v) is 9.90. The SMILES string of the molecule is O=C1[C@H]2[C@H](C(=O)N1Cc1ccco1)[C@H](c1ccccc1)C=C[C@@H]2c1ccccc1. The number of fused-ring (bicyclic) bond motifs is 1. The highest BCUT2D eigenvalue weighted by Gasteiger charge is 2.55. The molecule has 0 bridgehead atoms. The molecule has 4 nitrogen and oxygen atoms in total. The summed E-state index contributed by atoms with van der Waals surface area (Å²) in [5.74, 6) is -0.652. The van der Waals surface area contributed by atoms with Gasteiger partial charge in [-0.1, -0.05) is 72.8 Å². The molecule has 2 aliphatic rings. The molecule has 0 spiro atoms. The molecule has 2 amide bonds. The highest BCUT2D eigenvalue weighted by atomic mass is 16.3. The lowest BCUT2D eigenvalue weighted by Crippen LogP contribution is -2.31. The van der Waals surface area contributed by atoms with Crippen molar-refractivity contribution in [3.05, 3.63) is 108 Å². The molecule has 1 aliphatic heterocycles. The molecule has 2 heterocycles. The largest absolute Gasteiger partial charge is 0.467 e. The molecule has 144 valence electrons. The molecule has 2 aromatic carbocycles. The zero-order chi connectivity index (χ0) is 19.8. The number of rotatable bonds is 4. The third-order valence-corrected chi connectivity index (χ3v) is 6.05. The number of imide groups is 1. The van der Waals surface area contributed by atoms with Gasteiger partial charge >= 0.3 is 0 Å². The van der Waals surface area contributed by atoms with E-state index in [2.05, 4.69) is 12.2 Å². The van der Waals surface area contributed by atoms with Crippen LogP contribution in [-0.2, 0) is 16.1 Å². The zero-order valence-corrected chi connectivity index (χ0v) is 15.8. The summed E-state index contributed by atoms with van der Waals surface area (Å²) in [7, 11) is 0. The first kappa shape index (κ1) is 17.7. The number of benzene rings is 2. The summed E-state index contributed by atoms with van der Waals surface area (Å²) in [5.41, 5.74) is 2.12. The Hall–Kier alpha value is -3.40. The first-order valence-electron chi connectivity index (χ1n) is 9.90. The number of hydrogen-bond donors (Lipinski definition) is 0. The van der Waals surface area contributed by atoms with Crippen molar-refractivity contribution in [2.45, 2.75) is 18.4 Å². The number of nitrogens with zero attached hydrogens (tertiary/aromatic N) is 1. The van der Waals surface area contributed by atoms with E-state index in [9.17, 15) is 9.59 Å². The number of allylic oxidation sites excluding steroid dienone is 2. The molecular formula is C25H21NO3. The molecule has 29 heavy (non-hydrogen) atoms. The van der Waals surface area contributed by atoms with Crippen molar-refractivity contribution in [3.63, 3.8) is 0 Å². The maximum Gasteiger partial charge on any atom is 0.234 e. The van der Waals surface area contributed by atoms with E-state index in [0.717, 1.165) is 11.1 Å². The van der Waals surface area contributed by atoms with E-state index in [1.165, 1.54) is 4.90 Å². The van der Waals surface area contributed by atoms with Crippen molar-refractivity contribution in [2.24, 2.45) is 11.8 Å². The van der Waals surface area contributed by atoms with Crippen LogP contribution in [0.4, 0.5) is 0 Å². The van der Waals surface area contributed by atoms with E-state index in [4.69, 9.17) is 4.42 Å². The topological polar surface area (TPSA) is 50.5 Å². The lowest BCUT2D eigenvalue weighted by molar-refractivity contribution is -0.141. The van der Waals surface area contributed by atoms with Crippen molar-refractivity contribution in [3.8, 4) is 0 Å². The standard InChI is InChI=1S/C25H21NO3/c27-24-22-20(17-8-3-1-4-9-17)13-14-21(18-10-5-2-6-11-18)23(22)25(28)26(24)16-19-12-7-15-29-19/h1-15,20-23H,16H2/t20-,21+,22-,23-/m1/s1. The molecule has 0 radical (unpaired) electrons. The van der Waals surface area contributed by atoms with Crippen LogP contribution in [0.3, 0.4) is 0 Å². The average molecular weight is 383 g/mol. The van der Waals surface area contributed by atoms with Crippen LogP contribution in [0.25, 0.3) is 0 Å². The van der Waals surface area contributed by atoms with Crippen molar-refractivity contribution in [1.82, 2.24) is 4.90 Å². The quantitative estimate of drug-likeness (QED) is 0.492. The maximum atomic E-state index is 13.5. The number of likely N-dealkylation sites (tertiary alicyclic amines) is 1. The van der Waals surface area contributed by atoms with Crippen LogP contribution in [0.15, 0.2) is 95.6 Å². The van der Waals surface area contributed by atoms with Gasteiger partial charge in [0.15, 0.2) is 0 Å². The van der Waals surface area contributed by atoms with Crippen molar-refractivity contribution < 1.29 is 14.0 Å². The smallest absolute Gasteiger partial charge is 0.234 e. The predicted molar refractivity (Wildman–Crippen MR) is 109 cm³/mol. The Balaban J connectivity index is 1.57. The van der Waals surface area contributed by atoms with Crippen LogP contribution in [-0.4, -0.2) is 16.7 Å². The molecule has 1 aromatic heterocycles. The predicted octanol–water partition coefficient (Wildman–Crippen LogP) is 4.52. The Kier molecular flexibility index (Phi) is 4.39. The third kappa shape index (κ3) is 3.01. The highest BCUT2D eigenvalue weighted by Crippen LogP contribution is 2.49. The molecule has 1 aliphatic carbocycles.